The highest BCUT2D eigenvalue weighted by atomic mass is 32.1. The van der Waals surface area contributed by atoms with Crippen LogP contribution in [-0.4, -0.2) is 40.7 Å². The molecule has 0 aliphatic carbocycles. The normalized spacial score (nSPS) is 11.2. The van der Waals surface area contributed by atoms with Gasteiger partial charge in [-0.1, -0.05) is 45.0 Å². The maximum atomic E-state index is 13.4. The highest BCUT2D eigenvalue weighted by Gasteiger charge is 2.27. The van der Waals surface area contributed by atoms with E-state index < -0.39 is 17.2 Å². The van der Waals surface area contributed by atoms with Gasteiger partial charge >= 0.3 is 5.69 Å². The van der Waals surface area contributed by atoms with Crippen molar-refractivity contribution >= 4 is 28.7 Å². The summed E-state index contributed by atoms with van der Waals surface area (Å²) >= 11 is 1.34. The van der Waals surface area contributed by atoms with Crippen LogP contribution in [0, 0.1) is 5.92 Å². The number of nitrogens with two attached hydrogens (primary N) is 1. The number of H-pyrrole nitrogens is 1. The van der Waals surface area contributed by atoms with E-state index in [1.807, 2.05) is 38.1 Å². The monoisotopic (exact) mass is 471 g/mol. The fourth-order valence-corrected chi connectivity index (χ4v) is 4.21. The number of anilines is 2. The summed E-state index contributed by atoms with van der Waals surface area (Å²) in [7, 11) is 1.50. The molecule has 0 atom stereocenters. The standard InChI is InChI=1S/C23H29N5O4S/c1-5-15-6-8-16(9-7-15)21-25-17(13-33-21)22(30)27(10-11-32-4)18-19(24)28(12-14(2)3)23(31)26-20(18)29/h6-9,13-14H,5,10-12,24H2,1-4H3,(H,26,29,31). The molecule has 0 saturated carbocycles. The van der Waals surface area contributed by atoms with E-state index >= 15 is 0 Å². The number of carbonyl (C=O) groups excluding carboxylic acids is 1. The quantitative estimate of drug-likeness (QED) is 0.495. The van der Waals surface area contributed by atoms with Crippen molar-refractivity contribution in [2.75, 3.05) is 30.9 Å². The van der Waals surface area contributed by atoms with Gasteiger partial charge in [0.25, 0.3) is 11.5 Å². The topological polar surface area (TPSA) is 123 Å². The van der Waals surface area contributed by atoms with Crippen LogP contribution in [-0.2, 0) is 17.7 Å². The van der Waals surface area contributed by atoms with E-state index in [9.17, 15) is 14.4 Å². The van der Waals surface area contributed by atoms with Gasteiger partial charge in [-0.3, -0.25) is 24.0 Å². The van der Waals surface area contributed by atoms with Gasteiger partial charge in [0.05, 0.1) is 6.61 Å². The number of benzene rings is 1. The number of rotatable bonds is 9. The molecule has 0 unspecified atom stereocenters. The first-order chi connectivity index (χ1) is 15.8. The molecule has 0 bridgehead atoms. The number of carbonyl (C=O) groups is 1. The number of amides is 1. The van der Waals surface area contributed by atoms with Crippen LogP contribution in [0.25, 0.3) is 10.6 Å². The van der Waals surface area contributed by atoms with Crippen LogP contribution in [0.2, 0.25) is 0 Å². The predicted octanol–water partition coefficient (Wildman–Crippen LogP) is 2.75. The minimum atomic E-state index is -0.729. The SMILES string of the molecule is CCc1ccc(-c2nc(C(=O)N(CCOC)c3c(N)n(CC(C)C)c(=O)[nH]c3=O)cs2)cc1. The fourth-order valence-electron chi connectivity index (χ4n) is 3.41. The van der Waals surface area contributed by atoms with Crippen LogP contribution in [0.1, 0.15) is 36.8 Å². The largest absolute Gasteiger partial charge is 0.383 e. The average molecular weight is 472 g/mol. The molecule has 33 heavy (non-hydrogen) atoms. The Morgan fingerprint density at radius 1 is 1.27 bits per heavy atom. The molecule has 0 spiro atoms. The minimum Gasteiger partial charge on any atom is -0.383 e. The van der Waals surface area contributed by atoms with Gasteiger partial charge in [-0.2, -0.15) is 0 Å². The first kappa shape index (κ1) is 24.4. The number of nitrogens with zero attached hydrogens (tertiary/aromatic N) is 3. The predicted molar refractivity (Wildman–Crippen MR) is 131 cm³/mol. The summed E-state index contributed by atoms with van der Waals surface area (Å²) in [6.45, 7) is 6.48. The number of ether oxygens (including phenoxy) is 1. The number of nitrogen functional groups attached to an aromatic ring is 1. The van der Waals surface area contributed by atoms with Gasteiger partial charge in [-0.15, -0.1) is 11.3 Å². The molecule has 1 amide bonds. The number of hydrogen-bond acceptors (Lipinski definition) is 7. The van der Waals surface area contributed by atoms with Gasteiger partial charge in [0.15, 0.2) is 5.69 Å². The highest BCUT2D eigenvalue weighted by molar-refractivity contribution is 7.13. The molecule has 3 rings (SSSR count). The third kappa shape index (κ3) is 5.40. The van der Waals surface area contributed by atoms with Crippen LogP contribution in [0.5, 0.6) is 0 Å². The van der Waals surface area contributed by atoms with Crippen molar-refractivity contribution < 1.29 is 9.53 Å². The zero-order valence-corrected chi connectivity index (χ0v) is 20.1. The van der Waals surface area contributed by atoms with E-state index in [1.54, 1.807) is 5.38 Å². The molecule has 2 heterocycles. The Hall–Kier alpha value is -3.24. The highest BCUT2D eigenvalue weighted by Crippen LogP contribution is 2.26. The molecule has 9 nitrogen and oxygen atoms in total. The maximum absolute atomic E-state index is 13.4. The smallest absolute Gasteiger partial charge is 0.330 e. The minimum absolute atomic E-state index is 0.0625. The zero-order chi connectivity index (χ0) is 24.1. The summed E-state index contributed by atoms with van der Waals surface area (Å²) in [6, 6.07) is 8.00. The molecule has 10 heteroatoms. The molecule has 0 aliphatic rings. The first-order valence-corrected chi connectivity index (χ1v) is 11.6. The van der Waals surface area contributed by atoms with Crippen LogP contribution < -0.4 is 21.9 Å². The number of aryl methyl sites for hydroxylation is 1. The Bertz CT molecular complexity index is 1230. The second-order valence-electron chi connectivity index (χ2n) is 8.04. The Labute approximate surface area is 195 Å². The van der Waals surface area contributed by atoms with Gasteiger partial charge in [0.2, 0.25) is 0 Å². The molecule has 176 valence electrons. The summed E-state index contributed by atoms with van der Waals surface area (Å²) in [5.74, 6) is -0.453. The summed E-state index contributed by atoms with van der Waals surface area (Å²) in [5, 5.41) is 2.35. The fraction of sp³-hybridized carbons (Fsp3) is 0.391. The van der Waals surface area contributed by atoms with Crippen LogP contribution in [0.15, 0.2) is 39.2 Å². The Morgan fingerprint density at radius 2 is 1.97 bits per heavy atom. The van der Waals surface area contributed by atoms with E-state index in [-0.39, 0.29) is 36.3 Å². The number of methoxy groups -OCH3 is 1. The third-order valence-corrected chi connectivity index (χ3v) is 6.02. The van der Waals surface area contributed by atoms with Gasteiger partial charge < -0.3 is 10.5 Å². The van der Waals surface area contributed by atoms with Crippen molar-refractivity contribution in [1.82, 2.24) is 14.5 Å². The van der Waals surface area contributed by atoms with Crippen molar-refractivity contribution in [2.24, 2.45) is 5.92 Å². The van der Waals surface area contributed by atoms with Crippen LogP contribution in [0.4, 0.5) is 11.5 Å². The summed E-state index contributed by atoms with van der Waals surface area (Å²) < 4.78 is 6.42. The Balaban J connectivity index is 2.02. The Kier molecular flexibility index (Phi) is 7.83. The molecule has 3 aromatic rings. The van der Waals surface area contributed by atoms with Gasteiger partial charge in [0.1, 0.15) is 16.5 Å². The van der Waals surface area contributed by atoms with E-state index in [4.69, 9.17) is 10.5 Å². The summed E-state index contributed by atoms with van der Waals surface area (Å²) in [6.07, 6.45) is 0.936. The Morgan fingerprint density at radius 3 is 2.58 bits per heavy atom. The third-order valence-electron chi connectivity index (χ3n) is 5.13. The van der Waals surface area contributed by atoms with E-state index in [0.29, 0.717) is 11.6 Å². The summed E-state index contributed by atoms with van der Waals surface area (Å²) in [4.78, 5) is 46.5. The molecule has 0 radical (unpaired) electrons. The maximum Gasteiger partial charge on any atom is 0.330 e. The van der Waals surface area contributed by atoms with Crippen molar-refractivity contribution in [2.45, 2.75) is 33.7 Å². The van der Waals surface area contributed by atoms with Crippen molar-refractivity contribution in [1.29, 1.82) is 0 Å². The van der Waals surface area contributed by atoms with E-state index in [0.717, 1.165) is 12.0 Å². The van der Waals surface area contributed by atoms with E-state index in [2.05, 4.69) is 16.9 Å². The van der Waals surface area contributed by atoms with E-state index in [1.165, 1.54) is 33.5 Å². The number of aromatic amines is 1. The molecule has 1 aromatic carbocycles. The van der Waals surface area contributed by atoms with Crippen molar-refractivity contribution in [3.8, 4) is 10.6 Å². The number of hydrogen-bond donors (Lipinski definition) is 2. The molecule has 3 N–H and O–H groups in total. The van der Waals surface area contributed by atoms with Gasteiger partial charge in [-0.05, 0) is 17.9 Å². The number of aromatic nitrogens is 3. The lowest BCUT2D eigenvalue weighted by atomic mass is 10.1. The second-order valence-corrected chi connectivity index (χ2v) is 8.89. The molecule has 0 fully saturated rings. The molecular formula is C23H29N5O4S. The van der Waals surface area contributed by atoms with Crippen LogP contribution >= 0.6 is 11.3 Å². The molecular weight excluding hydrogens is 442 g/mol. The first-order valence-electron chi connectivity index (χ1n) is 10.7. The van der Waals surface area contributed by atoms with Gasteiger partial charge in [0, 0.05) is 31.1 Å². The lowest BCUT2D eigenvalue weighted by molar-refractivity contribution is 0.0971. The molecule has 0 saturated heterocycles. The van der Waals surface area contributed by atoms with Gasteiger partial charge in [-0.25, -0.2) is 9.78 Å². The zero-order valence-electron chi connectivity index (χ0n) is 19.3. The lowest BCUT2D eigenvalue weighted by Crippen LogP contribution is -2.43. The lowest BCUT2D eigenvalue weighted by Gasteiger charge is -2.24. The average Bonchev–Trinajstić information content (AvgIpc) is 3.28. The molecule has 0 aliphatic heterocycles. The van der Waals surface area contributed by atoms with Crippen molar-refractivity contribution in [3.05, 3.63) is 61.7 Å². The summed E-state index contributed by atoms with van der Waals surface area (Å²) in [5.41, 5.74) is 7.11. The number of nitrogens with one attached hydrogen (secondary N) is 1. The second kappa shape index (κ2) is 10.6. The molecule has 2 aromatic heterocycles. The van der Waals surface area contributed by atoms with Crippen molar-refractivity contribution in [3.63, 3.8) is 0 Å². The van der Waals surface area contributed by atoms with Crippen LogP contribution in [0.3, 0.4) is 0 Å². The number of thiazole rings is 1.